The topological polar surface area (TPSA) is 50.2 Å². The van der Waals surface area contributed by atoms with Crippen LogP contribution in [0.2, 0.25) is 0 Å². The Hall–Kier alpha value is -0.550. The molecule has 60 valence electrons. The number of aromatic nitrogens is 1. The van der Waals surface area contributed by atoms with Crippen molar-refractivity contribution in [3.8, 4) is 0 Å². The van der Waals surface area contributed by atoms with Crippen molar-refractivity contribution in [3.63, 3.8) is 0 Å². The maximum absolute atomic E-state index is 10.4. The zero-order valence-electron chi connectivity index (χ0n) is 5.90. The van der Waals surface area contributed by atoms with Crippen molar-refractivity contribution in [1.29, 1.82) is 0 Å². The lowest BCUT2D eigenvalue weighted by atomic mass is 10.4. The molecular formula is C6H7NO2S2. The standard InChI is InChI=1S/C6H7NO2S2/c1-10-3-4-2-5(6(8)9)11-7-4/h2H,3H2,1H3,(H,8,9). The Labute approximate surface area is 72.6 Å². The van der Waals surface area contributed by atoms with Gasteiger partial charge in [0.2, 0.25) is 0 Å². The van der Waals surface area contributed by atoms with Crippen LogP contribution in [0.3, 0.4) is 0 Å². The first-order valence-electron chi connectivity index (χ1n) is 2.92. The summed E-state index contributed by atoms with van der Waals surface area (Å²) in [6.45, 7) is 0. The van der Waals surface area contributed by atoms with Gasteiger partial charge in [0.15, 0.2) is 0 Å². The lowest BCUT2D eigenvalue weighted by Gasteiger charge is -1.85. The molecule has 0 aliphatic heterocycles. The van der Waals surface area contributed by atoms with E-state index in [9.17, 15) is 4.79 Å². The van der Waals surface area contributed by atoms with E-state index in [2.05, 4.69) is 4.37 Å². The van der Waals surface area contributed by atoms with Crippen LogP contribution >= 0.6 is 23.3 Å². The van der Waals surface area contributed by atoms with Gasteiger partial charge in [0.25, 0.3) is 0 Å². The fourth-order valence-electron chi connectivity index (χ4n) is 0.629. The second-order valence-corrected chi connectivity index (χ2v) is 3.59. The molecule has 0 amide bonds. The van der Waals surface area contributed by atoms with E-state index in [1.165, 1.54) is 0 Å². The molecule has 0 bridgehead atoms. The van der Waals surface area contributed by atoms with E-state index in [0.717, 1.165) is 23.0 Å². The number of hydrogen-bond donors (Lipinski definition) is 1. The Morgan fingerprint density at radius 1 is 1.91 bits per heavy atom. The van der Waals surface area contributed by atoms with E-state index in [1.807, 2.05) is 6.26 Å². The summed E-state index contributed by atoms with van der Waals surface area (Å²) in [7, 11) is 0. The number of nitrogens with zero attached hydrogens (tertiary/aromatic N) is 1. The SMILES string of the molecule is CSCc1cc(C(=O)O)sn1. The molecule has 1 N–H and O–H groups in total. The van der Waals surface area contributed by atoms with Crippen molar-refractivity contribution in [3.05, 3.63) is 16.6 Å². The minimum Gasteiger partial charge on any atom is -0.477 e. The molecule has 1 heterocycles. The molecule has 0 fully saturated rings. The van der Waals surface area contributed by atoms with E-state index < -0.39 is 5.97 Å². The predicted octanol–water partition coefficient (Wildman–Crippen LogP) is 1.70. The Kier molecular flexibility index (Phi) is 2.90. The molecule has 0 aliphatic rings. The lowest BCUT2D eigenvalue weighted by Crippen LogP contribution is -1.90. The normalized spacial score (nSPS) is 9.91. The highest BCUT2D eigenvalue weighted by atomic mass is 32.2. The summed E-state index contributed by atoms with van der Waals surface area (Å²) in [5.74, 6) is -0.112. The van der Waals surface area contributed by atoms with Crippen LogP contribution in [-0.4, -0.2) is 21.7 Å². The Bertz CT molecular complexity index is 259. The van der Waals surface area contributed by atoms with Crippen LogP contribution in [0, 0.1) is 0 Å². The molecule has 1 aromatic rings. The molecule has 0 unspecified atom stereocenters. The third-order valence-electron chi connectivity index (χ3n) is 1.06. The summed E-state index contributed by atoms with van der Waals surface area (Å²) in [6, 6.07) is 1.61. The third-order valence-corrected chi connectivity index (χ3v) is 2.46. The molecule has 0 atom stereocenters. The van der Waals surface area contributed by atoms with Crippen molar-refractivity contribution < 1.29 is 9.90 Å². The molecule has 0 aliphatic carbocycles. The molecule has 0 aromatic carbocycles. The van der Waals surface area contributed by atoms with E-state index >= 15 is 0 Å². The van der Waals surface area contributed by atoms with Crippen LogP contribution in [-0.2, 0) is 5.75 Å². The van der Waals surface area contributed by atoms with Crippen molar-refractivity contribution in [2.75, 3.05) is 6.26 Å². The summed E-state index contributed by atoms with van der Waals surface area (Å²) in [6.07, 6.45) is 1.96. The largest absolute Gasteiger partial charge is 0.477 e. The molecule has 11 heavy (non-hydrogen) atoms. The summed E-state index contributed by atoms with van der Waals surface area (Å²) < 4.78 is 3.97. The van der Waals surface area contributed by atoms with Crippen LogP contribution in [0.4, 0.5) is 0 Å². The van der Waals surface area contributed by atoms with Crippen LogP contribution in [0.25, 0.3) is 0 Å². The minimum atomic E-state index is -0.894. The number of thioether (sulfide) groups is 1. The highest BCUT2D eigenvalue weighted by Gasteiger charge is 2.07. The molecule has 5 heteroatoms. The molecule has 0 saturated carbocycles. The second kappa shape index (κ2) is 3.73. The average molecular weight is 189 g/mol. The van der Waals surface area contributed by atoms with Crippen molar-refractivity contribution in [2.45, 2.75) is 5.75 Å². The molecule has 1 rings (SSSR count). The highest BCUT2D eigenvalue weighted by molar-refractivity contribution is 7.97. The zero-order chi connectivity index (χ0) is 8.27. The van der Waals surface area contributed by atoms with Crippen molar-refractivity contribution >= 4 is 29.3 Å². The fourth-order valence-corrected chi connectivity index (χ4v) is 1.75. The monoisotopic (exact) mass is 189 g/mol. The molecular weight excluding hydrogens is 182 g/mol. The Morgan fingerprint density at radius 3 is 3.09 bits per heavy atom. The number of hydrogen-bond acceptors (Lipinski definition) is 4. The summed E-state index contributed by atoms with van der Waals surface area (Å²) in [5.41, 5.74) is 0.847. The van der Waals surface area contributed by atoms with Gasteiger partial charge in [0.1, 0.15) is 4.88 Å². The fraction of sp³-hybridized carbons (Fsp3) is 0.333. The third kappa shape index (κ3) is 2.20. The molecule has 0 saturated heterocycles. The van der Waals surface area contributed by atoms with Crippen LogP contribution in [0.15, 0.2) is 6.07 Å². The summed E-state index contributed by atoms with van der Waals surface area (Å²) in [5, 5.41) is 8.53. The van der Waals surface area contributed by atoms with Gasteiger partial charge >= 0.3 is 5.97 Å². The predicted molar refractivity (Wildman–Crippen MR) is 46.3 cm³/mol. The van der Waals surface area contributed by atoms with E-state index in [0.29, 0.717) is 4.88 Å². The average Bonchev–Trinajstić information content (AvgIpc) is 2.37. The smallest absolute Gasteiger partial charge is 0.347 e. The van der Waals surface area contributed by atoms with Gasteiger partial charge in [0, 0.05) is 5.75 Å². The van der Waals surface area contributed by atoms with Crippen LogP contribution < -0.4 is 0 Å². The van der Waals surface area contributed by atoms with Gasteiger partial charge in [-0.3, -0.25) is 0 Å². The van der Waals surface area contributed by atoms with Gasteiger partial charge in [-0.15, -0.1) is 0 Å². The molecule has 0 radical (unpaired) electrons. The van der Waals surface area contributed by atoms with Crippen LogP contribution in [0.5, 0.6) is 0 Å². The Morgan fingerprint density at radius 2 is 2.64 bits per heavy atom. The van der Waals surface area contributed by atoms with Crippen LogP contribution in [0.1, 0.15) is 15.4 Å². The number of rotatable bonds is 3. The molecule has 1 aromatic heterocycles. The maximum atomic E-state index is 10.4. The number of aromatic carboxylic acids is 1. The first-order chi connectivity index (χ1) is 5.24. The maximum Gasteiger partial charge on any atom is 0.347 e. The zero-order valence-corrected chi connectivity index (χ0v) is 7.54. The van der Waals surface area contributed by atoms with Crippen molar-refractivity contribution in [2.24, 2.45) is 0 Å². The second-order valence-electron chi connectivity index (χ2n) is 1.92. The summed E-state index contributed by atoms with van der Waals surface area (Å²) in [4.78, 5) is 10.7. The van der Waals surface area contributed by atoms with E-state index in [1.54, 1.807) is 17.8 Å². The Balaban J connectivity index is 2.73. The van der Waals surface area contributed by atoms with Gasteiger partial charge in [-0.1, -0.05) is 0 Å². The lowest BCUT2D eigenvalue weighted by molar-refractivity contribution is 0.0702. The van der Waals surface area contributed by atoms with E-state index in [4.69, 9.17) is 5.11 Å². The molecule has 3 nitrogen and oxygen atoms in total. The number of carboxylic acids is 1. The number of carboxylic acid groups (broad SMARTS) is 1. The van der Waals surface area contributed by atoms with E-state index in [-0.39, 0.29) is 0 Å². The first-order valence-corrected chi connectivity index (χ1v) is 5.08. The van der Waals surface area contributed by atoms with Gasteiger partial charge < -0.3 is 5.11 Å². The summed E-state index contributed by atoms with van der Waals surface area (Å²) >= 11 is 2.67. The quantitative estimate of drug-likeness (QED) is 0.786. The van der Waals surface area contributed by atoms with Crippen molar-refractivity contribution in [1.82, 2.24) is 4.37 Å². The van der Waals surface area contributed by atoms with Gasteiger partial charge in [-0.2, -0.15) is 16.1 Å². The number of carbonyl (C=O) groups is 1. The highest BCUT2D eigenvalue weighted by Crippen LogP contribution is 2.13. The minimum absolute atomic E-state index is 0.314. The van der Waals surface area contributed by atoms with Gasteiger partial charge in [-0.25, -0.2) is 4.79 Å². The van der Waals surface area contributed by atoms with Gasteiger partial charge in [0.05, 0.1) is 5.69 Å². The molecule has 0 spiro atoms. The first kappa shape index (κ1) is 8.55. The van der Waals surface area contributed by atoms with Gasteiger partial charge in [-0.05, 0) is 23.9 Å².